The summed E-state index contributed by atoms with van der Waals surface area (Å²) in [6, 6.07) is 17.6. The molecule has 3 aromatic rings. The largest absolute Gasteiger partial charge is 0.348 e. The van der Waals surface area contributed by atoms with E-state index in [9.17, 15) is 22.4 Å². The van der Waals surface area contributed by atoms with E-state index in [1.165, 1.54) is 23.5 Å². The fraction of sp³-hybridized carbons (Fsp3) is 0.217. The van der Waals surface area contributed by atoms with Gasteiger partial charge in [-0.2, -0.15) is 0 Å². The molecule has 2 N–H and O–H groups in total. The van der Waals surface area contributed by atoms with Crippen molar-refractivity contribution in [3.8, 4) is 0 Å². The van der Waals surface area contributed by atoms with Gasteiger partial charge in [-0.1, -0.05) is 36.4 Å². The number of amides is 2. The molecule has 1 heterocycles. The van der Waals surface area contributed by atoms with Crippen LogP contribution in [0.1, 0.15) is 22.1 Å². The number of carbonyl (C=O) groups excluding carboxylic acids is 2. The Morgan fingerprint density at radius 2 is 1.59 bits per heavy atom. The SMILES string of the molecule is O=C(NCCCc1ccccc1)C(=O)NCC(c1cccs1)S(=O)(=O)c1ccc(F)cc1. The molecule has 3 rings (SSSR count). The van der Waals surface area contributed by atoms with Gasteiger partial charge < -0.3 is 10.6 Å². The smallest absolute Gasteiger partial charge is 0.309 e. The molecule has 6 nitrogen and oxygen atoms in total. The number of hydrogen-bond acceptors (Lipinski definition) is 5. The van der Waals surface area contributed by atoms with Crippen LogP contribution in [-0.2, 0) is 25.8 Å². The van der Waals surface area contributed by atoms with Crippen molar-refractivity contribution in [1.29, 1.82) is 0 Å². The quantitative estimate of drug-likeness (QED) is 0.283. The van der Waals surface area contributed by atoms with E-state index in [0.717, 1.165) is 24.1 Å². The molecule has 1 aromatic heterocycles. The Hall–Kier alpha value is -3.04. The summed E-state index contributed by atoms with van der Waals surface area (Å²) in [7, 11) is -3.92. The van der Waals surface area contributed by atoms with Gasteiger partial charge in [0.1, 0.15) is 11.1 Å². The fourth-order valence-corrected chi connectivity index (χ4v) is 5.90. The second kappa shape index (κ2) is 11.0. The Bertz CT molecular complexity index is 1130. The van der Waals surface area contributed by atoms with Crippen molar-refractivity contribution in [3.05, 3.63) is 88.4 Å². The molecule has 0 aliphatic rings. The fourth-order valence-electron chi connectivity index (χ4n) is 3.11. The number of aryl methyl sites for hydroxylation is 1. The minimum Gasteiger partial charge on any atom is -0.348 e. The lowest BCUT2D eigenvalue weighted by Crippen LogP contribution is -2.42. The van der Waals surface area contributed by atoms with Gasteiger partial charge in [0, 0.05) is 18.0 Å². The second-order valence-electron chi connectivity index (χ2n) is 7.06. The number of sulfone groups is 1. The van der Waals surface area contributed by atoms with Gasteiger partial charge in [-0.3, -0.25) is 9.59 Å². The molecule has 1 unspecified atom stereocenters. The Kier molecular flexibility index (Phi) is 8.13. The zero-order valence-corrected chi connectivity index (χ0v) is 18.8. The van der Waals surface area contributed by atoms with E-state index < -0.39 is 32.7 Å². The van der Waals surface area contributed by atoms with Crippen molar-refractivity contribution >= 4 is 33.0 Å². The third kappa shape index (κ3) is 6.24. The highest BCUT2D eigenvalue weighted by Gasteiger charge is 2.31. The maximum atomic E-state index is 13.2. The molecule has 0 radical (unpaired) electrons. The van der Waals surface area contributed by atoms with Crippen LogP contribution in [0.2, 0.25) is 0 Å². The molecular weight excluding hydrogens is 451 g/mol. The molecule has 2 amide bonds. The van der Waals surface area contributed by atoms with E-state index in [4.69, 9.17) is 0 Å². The van der Waals surface area contributed by atoms with E-state index in [1.807, 2.05) is 30.3 Å². The van der Waals surface area contributed by atoms with E-state index in [1.54, 1.807) is 17.5 Å². The molecule has 9 heteroatoms. The van der Waals surface area contributed by atoms with Crippen LogP contribution < -0.4 is 10.6 Å². The lowest BCUT2D eigenvalue weighted by atomic mass is 10.1. The summed E-state index contributed by atoms with van der Waals surface area (Å²) in [5, 5.41) is 5.60. The lowest BCUT2D eigenvalue weighted by molar-refractivity contribution is -0.139. The molecule has 2 aromatic carbocycles. The lowest BCUT2D eigenvalue weighted by Gasteiger charge is -2.17. The molecule has 1 atom stereocenters. The Labute approximate surface area is 190 Å². The first kappa shape index (κ1) is 23.6. The molecule has 0 bridgehead atoms. The monoisotopic (exact) mass is 474 g/mol. The van der Waals surface area contributed by atoms with E-state index in [2.05, 4.69) is 10.6 Å². The standard InChI is InChI=1S/C23H23FN2O4S2/c24-18-10-12-19(13-11-18)32(29,30)21(20-9-5-15-31-20)16-26-23(28)22(27)25-14-4-8-17-6-2-1-3-7-17/h1-3,5-7,9-13,15,21H,4,8,14,16H2,(H,25,27)(H,26,28). The number of benzene rings is 2. The first-order valence-corrected chi connectivity index (χ1v) is 12.4. The summed E-state index contributed by atoms with van der Waals surface area (Å²) >= 11 is 1.23. The molecule has 0 saturated heterocycles. The average molecular weight is 475 g/mol. The number of thiophene rings is 1. The highest BCUT2D eigenvalue weighted by molar-refractivity contribution is 7.91. The summed E-state index contributed by atoms with van der Waals surface area (Å²) in [5.41, 5.74) is 1.14. The molecule has 0 aliphatic carbocycles. The molecule has 0 spiro atoms. The third-order valence-corrected chi connectivity index (χ3v) is 8.04. The molecule has 0 aliphatic heterocycles. The molecule has 0 saturated carbocycles. The maximum absolute atomic E-state index is 13.2. The zero-order valence-electron chi connectivity index (χ0n) is 17.2. The number of rotatable bonds is 9. The predicted molar refractivity (Wildman–Crippen MR) is 121 cm³/mol. The van der Waals surface area contributed by atoms with Crippen molar-refractivity contribution in [2.24, 2.45) is 0 Å². The predicted octanol–water partition coefficient (Wildman–Crippen LogP) is 3.27. The number of nitrogens with one attached hydrogen (secondary N) is 2. The van der Waals surface area contributed by atoms with Gasteiger partial charge in [-0.25, -0.2) is 12.8 Å². The summed E-state index contributed by atoms with van der Waals surface area (Å²) in [5.74, 6) is -2.27. The zero-order chi connectivity index (χ0) is 23.0. The van der Waals surface area contributed by atoms with Gasteiger partial charge in [-0.15, -0.1) is 11.3 Å². The van der Waals surface area contributed by atoms with Gasteiger partial charge in [0.25, 0.3) is 0 Å². The van der Waals surface area contributed by atoms with Crippen molar-refractivity contribution in [2.45, 2.75) is 23.0 Å². The minimum atomic E-state index is -3.92. The maximum Gasteiger partial charge on any atom is 0.309 e. The minimum absolute atomic E-state index is 0.0584. The van der Waals surface area contributed by atoms with E-state index >= 15 is 0 Å². The third-order valence-electron chi connectivity index (χ3n) is 4.80. The van der Waals surface area contributed by atoms with Gasteiger partial charge in [0.2, 0.25) is 0 Å². The topological polar surface area (TPSA) is 92.3 Å². The van der Waals surface area contributed by atoms with Crippen molar-refractivity contribution < 1.29 is 22.4 Å². The average Bonchev–Trinajstić information content (AvgIpc) is 3.32. The van der Waals surface area contributed by atoms with Gasteiger partial charge >= 0.3 is 11.8 Å². The van der Waals surface area contributed by atoms with Gasteiger partial charge in [0.15, 0.2) is 9.84 Å². The first-order valence-electron chi connectivity index (χ1n) is 10.0. The summed E-state index contributed by atoms with van der Waals surface area (Å²) in [4.78, 5) is 24.8. The Morgan fingerprint density at radius 3 is 2.25 bits per heavy atom. The Balaban J connectivity index is 1.58. The van der Waals surface area contributed by atoms with Crippen LogP contribution in [0.15, 0.2) is 77.0 Å². The van der Waals surface area contributed by atoms with Crippen LogP contribution in [0.25, 0.3) is 0 Å². The molecule has 168 valence electrons. The van der Waals surface area contributed by atoms with Gasteiger partial charge in [0.05, 0.1) is 4.90 Å². The van der Waals surface area contributed by atoms with Crippen LogP contribution >= 0.6 is 11.3 Å². The number of carbonyl (C=O) groups is 2. The van der Waals surface area contributed by atoms with E-state index in [-0.39, 0.29) is 11.4 Å². The number of halogens is 1. The van der Waals surface area contributed by atoms with Gasteiger partial charge in [-0.05, 0) is 54.1 Å². The molecule has 32 heavy (non-hydrogen) atoms. The normalized spacial score (nSPS) is 12.2. The molecular formula is C23H23FN2O4S2. The molecule has 0 fully saturated rings. The first-order chi connectivity index (χ1) is 15.4. The van der Waals surface area contributed by atoms with Crippen LogP contribution in [-0.4, -0.2) is 33.3 Å². The van der Waals surface area contributed by atoms with Crippen molar-refractivity contribution in [2.75, 3.05) is 13.1 Å². The van der Waals surface area contributed by atoms with Crippen LogP contribution in [0, 0.1) is 5.82 Å². The summed E-state index contributed by atoms with van der Waals surface area (Å²) < 4.78 is 39.4. The summed E-state index contributed by atoms with van der Waals surface area (Å²) in [6.45, 7) is 0.0415. The van der Waals surface area contributed by atoms with Crippen LogP contribution in [0.4, 0.5) is 4.39 Å². The summed E-state index contributed by atoms with van der Waals surface area (Å²) in [6.07, 6.45) is 1.43. The highest BCUT2D eigenvalue weighted by atomic mass is 32.2. The number of hydrogen-bond donors (Lipinski definition) is 2. The van der Waals surface area contributed by atoms with E-state index in [0.29, 0.717) is 17.8 Å². The second-order valence-corrected chi connectivity index (χ2v) is 10.2. The highest BCUT2D eigenvalue weighted by Crippen LogP contribution is 2.31. The van der Waals surface area contributed by atoms with Crippen molar-refractivity contribution in [3.63, 3.8) is 0 Å². The van der Waals surface area contributed by atoms with Crippen molar-refractivity contribution in [1.82, 2.24) is 10.6 Å². The Morgan fingerprint density at radius 1 is 0.906 bits per heavy atom. The van der Waals surface area contributed by atoms with Crippen LogP contribution in [0.3, 0.4) is 0 Å². The van der Waals surface area contributed by atoms with Crippen LogP contribution in [0.5, 0.6) is 0 Å².